The molecule has 0 aliphatic carbocycles. The van der Waals surface area contributed by atoms with E-state index in [0.29, 0.717) is 0 Å². The van der Waals surface area contributed by atoms with Crippen LogP contribution in [0.4, 0.5) is 0 Å². The Labute approximate surface area is 167 Å². The van der Waals surface area contributed by atoms with Gasteiger partial charge in [-0.3, -0.25) is 8.42 Å². The van der Waals surface area contributed by atoms with Gasteiger partial charge in [-0.2, -0.15) is 0 Å². The second kappa shape index (κ2) is 29.2. The van der Waals surface area contributed by atoms with E-state index in [2.05, 4.69) is 0 Å². The molecule has 0 spiro atoms. The fraction of sp³-hybridized carbons (Fsp3) is 0. The summed E-state index contributed by atoms with van der Waals surface area (Å²) in [5.41, 5.74) is 0. The van der Waals surface area contributed by atoms with Gasteiger partial charge in [-0.25, -0.2) is 0 Å². The first-order valence-electron chi connectivity index (χ1n) is 1.11. The first-order valence-corrected chi connectivity index (χ1v) is 2.45. The number of hydrogen-bond donors (Lipinski definition) is 0. The number of rotatable bonds is 0. The molecule has 1 radical (unpaired) electrons. The molecule has 0 amide bonds. The molecule has 0 aliphatic rings. The zero-order chi connectivity index (χ0) is 8.50. The maximum Gasteiger partial charge on any atom is 2.00 e. The van der Waals surface area contributed by atoms with Gasteiger partial charge in [-0.15, -0.1) is 0 Å². The van der Waals surface area contributed by atoms with Crippen molar-refractivity contribution >= 4 is 10.4 Å². The second-order valence-corrected chi connectivity index (χ2v) is 1.22. The smallest absolute Gasteiger partial charge is 0.759 e. The summed E-state index contributed by atoms with van der Waals surface area (Å²) in [6.07, 6.45) is 0. The van der Waals surface area contributed by atoms with E-state index in [9.17, 15) is 0 Å². The molecule has 0 aromatic carbocycles. The summed E-state index contributed by atoms with van der Waals surface area (Å²) < 4.78 is 34.1. The van der Waals surface area contributed by atoms with Crippen molar-refractivity contribution in [3.63, 3.8) is 0 Å². The average molecular weight is 290 g/mol. The van der Waals surface area contributed by atoms with E-state index < -0.39 is 10.4 Å². The molecule has 0 saturated carbocycles. The number of hydrogen-bond acceptors (Lipinski definition) is 6. The molecule has 0 aromatic rings. The van der Waals surface area contributed by atoms with E-state index in [-0.39, 0.29) is 120 Å². The van der Waals surface area contributed by atoms with Crippen LogP contribution in [0.1, 0.15) is 0 Å². The third kappa shape index (κ3) is 245. The standard InChI is InChI=1S/2CN.Cu.2K.H2O4S/c2*1-2;;;;1-5(2,3)4/h;;;;;(H2,1,2,3,4)/q2*-1;+2;2*+1;/p-2. The van der Waals surface area contributed by atoms with Crippen LogP contribution in [0.3, 0.4) is 0 Å². The SMILES string of the molecule is O=S(=O)([O-])[O-].[C-]#N.[C-]#N.[Cu+2].[K+].[K+]. The molecule has 0 saturated heterocycles. The van der Waals surface area contributed by atoms with Gasteiger partial charge in [-0.05, 0) is 0 Å². The maximum atomic E-state index is 8.52. The maximum absolute atomic E-state index is 8.52. The van der Waals surface area contributed by atoms with Crippen LogP contribution in [0.5, 0.6) is 0 Å². The summed E-state index contributed by atoms with van der Waals surface area (Å²) in [6, 6.07) is 0. The minimum absolute atomic E-state index is 0. The van der Waals surface area contributed by atoms with Crippen LogP contribution < -0.4 is 103 Å². The predicted octanol–water partition coefficient (Wildman–Crippen LogP) is -7.14. The van der Waals surface area contributed by atoms with E-state index in [1.165, 1.54) is 0 Å². The predicted molar refractivity (Wildman–Crippen MR) is 20.4 cm³/mol. The molecule has 0 aromatic heterocycles. The van der Waals surface area contributed by atoms with Crippen molar-refractivity contribution in [2.45, 2.75) is 0 Å². The minimum Gasteiger partial charge on any atom is -0.759 e. The summed E-state index contributed by atoms with van der Waals surface area (Å²) in [6.45, 7) is 9.50. The van der Waals surface area contributed by atoms with Crippen molar-refractivity contribution in [2.24, 2.45) is 0 Å². The zero-order valence-electron chi connectivity index (χ0n) is 6.24. The van der Waals surface area contributed by atoms with Crippen molar-refractivity contribution in [3.05, 3.63) is 13.1 Å². The van der Waals surface area contributed by atoms with E-state index in [1.807, 2.05) is 0 Å². The Hall–Kier alpha value is 2.64. The molecule has 0 rings (SSSR count). The van der Waals surface area contributed by atoms with E-state index >= 15 is 0 Å². The Morgan fingerprint density at radius 1 is 0.917 bits per heavy atom. The monoisotopic (exact) mass is 289 g/mol. The van der Waals surface area contributed by atoms with Crippen LogP contribution in [-0.2, 0) is 27.5 Å². The Kier molecular flexibility index (Phi) is 88.8. The Balaban J connectivity index is -0.0000000116. The molecule has 0 unspecified atom stereocenters. The van der Waals surface area contributed by atoms with Gasteiger partial charge < -0.3 is 32.8 Å². The summed E-state index contributed by atoms with van der Waals surface area (Å²) in [7, 11) is -5.17. The van der Waals surface area contributed by atoms with E-state index in [1.54, 1.807) is 0 Å². The van der Waals surface area contributed by atoms with Crippen molar-refractivity contribution in [1.82, 2.24) is 0 Å². The van der Waals surface area contributed by atoms with Gasteiger partial charge in [0.05, 0.1) is 0 Å². The van der Waals surface area contributed by atoms with Crippen LogP contribution >= 0.6 is 0 Å². The Bertz CT molecular complexity index is 164. The molecule has 0 N–H and O–H groups in total. The fourth-order valence-electron chi connectivity index (χ4n) is 0. The van der Waals surface area contributed by atoms with Gasteiger partial charge in [0.15, 0.2) is 0 Å². The quantitative estimate of drug-likeness (QED) is 0.189. The van der Waals surface area contributed by atoms with Gasteiger partial charge in [0.1, 0.15) is 0 Å². The van der Waals surface area contributed by atoms with Crippen molar-refractivity contribution in [2.75, 3.05) is 0 Å². The van der Waals surface area contributed by atoms with Crippen LogP contribution in [0.25, 0.3) is 0 Å². The van der Waals surface area contributed by atoms with Crippen LogP contribution in [-0.4, -0.2) is 17.5 Å². The molecule has 0 aliphatic heterocycles. The summed E-state index contributed by atoms with van der Waals surface area (Å²) >= 11 is 0. The van der Waals surface area contributed by atoms with E-state index in [4.69, 9.17) is 41.2 Å². The third-order valence-electron chi connectivity index (χ3n) is 0. The molecular formula is C2CuK2N2O4S. The topological polar surface area (TPSA) is 128 Å². The van der Waals surface area contributed by atoms with Gasteiger partial charge in [0.25, 0.3) is 0 Å². The normalized spacial score (nSPS) is 5.17. The van der Waals surface area contributed by atoms with Gasteiger partial charge in [-0.1, -0.05) is 0 Å². The molecular weight excluding hydrogens is 290 g/mol. The fourth-order valence-corrected chi connectivity index (χ4v) is 0. The van der Waals surface area contributed by atoms with Crippen LogP contribution in [0.15, 0.2) is 0 Å². The summed E-state index contributed by atoms with van der Waals surface area (Å²) in [5, 5.41) is 12.5. The molecule has 10 heteroatoms. The first-order chi connectivity index (χ1) is 4.00. The summed E-state index contributed by atoms with van der Waals surface area (Å²) in [5.74, 6) is 0. The average Bonchev–Trinajstić information content (AvgIpc) is 1.72. The molecule has 12 heavy (non-hydrogen) atoms. The van der Waals surface area contributed by atoms with Crippen LogP contribution in [0, 0.1) is 23.7 Å². The Morgan fingerprint density at radius 3 is 0.917 bits per heavy atom. The van der Waals surface area contributed by atoms with Gasteiger partial charge >= 0.3 is 120 Å². The zero-order valence-corrected chi connectivity index (χ0v) is 14.2. The minimum atomic E-state index is -5.17. The van der Waals surface area contributed by atoms with Crippen molar-refractivity contribution in [3.8, 4) is 0 Å². The second-order valence-electron chi connectivity index (χ2n) is 0.408. The first kappa shape index (κ1) is 36.5. The Morgan fingerprint density at radius 2 is 0.917 bits per heavy atom. The van der Waals surface area contributed by atoms with Crippen molar-refractivity contribution < 1.29 is 137 Å². The molecule has 0 atom stereocenters. The molecule has 61 valence electrons. The van der Waals surface area contributed by atoms with Crippen LogP contribution in [0.2, 0.25) is 0 Å². The molecule has 0 fully saturated rings. The number of nitrogens with zero attached hydrogens (tertiary/aromatic N) is 2. The van der Waals surface area contributed by atoms with Gasteiger partial charge in [0, 0.05) is 10.4 Å². The molecule has 0 bridgehead atoms. The summed E-state index contributed by atoms with van der Waals surface area (Å²) in [4.78, 5) is 0. The van der Waals surface area contributed by atoms with Crippen molar-refractivity contribution in [1.29, 1.82) is 10.5 Å². The van der Waals surface area contributed by atoms with Gasteiger partial charge in [0.2, 0.25) is 0 Å². The largest absolute Gasteiger partial charge is 2.00 e. The molecule has 6 nitrogen and oxygen atoms in total. The third-order valence-corrected chi connectivity index (χ3v) is 0. The van der Waals surface area contributed by atoms with E-state index in [0.717, 1.165) is 0 Å². The molecule has 0 heterocycles.